The van der Waals surface area contributed by atoms with Gasteiger partial charge in [0.15, 0.2) is 0 Å². The Morgan fingerprint density at radius 1 is 1.38 bits per heavy atom. The molecule has 0 aromatic heterocycles. The third-order valence-corrected chi connectivity index (χ3v) is 5.53. The van der Waals surface area contributed by atoms with Gasteiger partial charge < -0.3 is 0 Å². The Hall–Kier alpha value is -0.350. The van der Waals surface area contributed by atoms with Gasteiger partial charge >= 0.3 is 0 Å². The molecule has 2 nitrogen and oxygen atoms in total. The molecule has 0 aliphatic heterocycles. The van der Waals surface area contributed by atoms with Gasteiger partial charge in [0, 0.05) is 9.72 Å². The van der Waals surface area contributed by atoms with Crippen LogP contribution in [0.1, 0.15) is 12.8 Å². The second-order valence-corrected chi connectivity index (χ2v) is 6.39. The first kappa shape index (κ1) is 9.21. The van der Waals surface area contributed by atoms with E-state index in [1.807, 2.05) is 18.2 Å². The van der Waals surface area contributed by atoms with Crippen LogP contribution in [-0.2, 0) is 9.73 Å². The Balaban J connectivity index is 2.51. The molecule has 0 unspecified atom stereocenters. The van der Waals surface area contributed by atoms with E-state index in [1.54, 1.807) is 6.07 Å². The van der Waals surface area contributed by atoms with Gasteiger partial charge in [0.1, 0.15) is 0 Å². The lowest BCUT2D eigenvalue weighted by atomic mass is 10.4. The Morgan fingerprint density at radius 3 is 2.54 bits per heavy atom. The van der Waals surface area contributed by atoms with E-state index in [0.29, 0.717) is 4.90 Å². The zero-order valence-electron chi connectivity index (χ0n) is 7.00. The third-order valence-electron chi connectivity index (χ3n) is 2.16. The normalized spacial score (nSPS) is 21.0. The molecule has 0 saturated heterocycles. The summed E-state index contributed by atoms with van der Waals surface area (Å²) in [5.74, 6) is 0. The number of nitrogens with one attached hydrogen (secondary N) is 1. The van der Waals surface area contributed by atoms with Crippen molar-refractivity contribution in [3.63, 3.8) is 0 Å². The van der Waals surface area contributed by atoms with Crippen LogP contribution in [-0.4, -0.2) is 9.46 Å². The molecule has 1 atom stereocenters. The van der Waals surface area contributed by atoms with Gasteiger partial charge in [0.25, 0.3) is 0 Å². The minimum Gasteiger partial charge on any atom is -0.249 e. The molecule has 1 aromatic rings. The van der Waals surface area contributed by atoms with Gasteiger partial charge in [-0.1, -0.05) is 12.1 Å². The molecule has 0 heterocycles. The largest absolute Gasteiger partial charge is 0.249 e. The smallest absolute Gasteiger partial charge is 0.0766 e. The van der Waals surface area contributed by atoms with E-state index < -0.39 is 9.73 Å². The van der Waals surface area contributed by atoms with E-state index in [1.165, 1.54) is 0 Å². The summed E-state index contributed by atoms with van der Waals surface area (Å²) in [6, 6.07) is 7.32. The minimum atomic E-state index is -2.54. The van der Waals surface area contributed by atoms with E-state index >= 15 is 0 Å². The molecule has 0 radical (unpaired) electrons. The molecule has 0 spiro atoms. The predicted octanol–water partition coefficient (Wildman–Crippen LogP) is 3.02. The molecule has 0 amide bonds. The van der Waals surface area contributed by atoms with Crippen LogP contribution >= 0.6 is 15.9 Å². The van der Waals surface area contributed by atoms with Crippen LogP contribution in [0.15, 0.2) is 33.6 Å². The first-order valence-corrected chi connectivity index (χ1v) is 6.56. The van der Waals surface area contributed by atoms with E-state index in [9.17, 15) is 4.21 Å². The lowest BCUT2D eigenvalue weighted by molar-refractivity contribution is 0.673. The average Bonchev–Trinajstić information content (AvgIpc) is 2.86. The van der Waals surface area contributed by atoms with Crippen molar-refractivity contribution in [2.75, 3.05) is 0 Å². The van der Waals surface area contributed by atoms with Crippen molar-refractivity contribution in [1.82, 2.24) is 0 Å². The topological polar surface area (TPSA) is 40.9 Å². The Bertz CT molecular complexity index is 423. The molecule has 1 aliphatic carbocycles. The van der Waals surface area contributed by atoms with Crippen molar-refractivity contribution in [2.24, 2.45) is 0 Å². The predicted molar refractivity (Wildman–Crippen MR) is 56.3 cm³/mol. The van der Waals surface area contributed by atoms with Gasteiger partial charge in [-0.3, -0.25) is 0 Å². The number of hydrogen-bond donors (Lipinski definition) is 1. The zero-order valence-corrected chi connectivity index (χ0v) is 9.40. The van der Waals surface area contributed by atoms with E-state index in [4.69, 9.17) is 4.78 Å². The third kappa shape index (κ3) is 1.65. The average molecular weight is 260 g/mol. The van der Waals surface area contributed by atoms with Crippen molar-refractivity contribution in [1.29, 1.82) is 4.78 Å². The van der Waals surface area contributed by atoms with Crippen molar-refractivity contribution in [3.05, 3.63) is 28.7 Å². The quantitative estimate of drug-likeness (QED) is 0.872. The zero-order chi connectivity index (χ0) is 9.47. The standard InChI is InChI=1S/C9H10BrNOS/c10-8-3-1-2-4-9(8)13(11,12)7-5-6-7/h1-4,7,11H,5-6H2/t13-/m0/s1. The van der Waals surface area contributed by atoms with E-state index in [2.05, 4.69) is 15.9 Å². The summed E-state index contributed by atoms with van der Waals surface area (Å²) >= 11 is 3.33. The van der Waals surface area contributed by atoms with Crippen LogP contribution in [0.2, 0.25) is 0 Å². The molecule has 1 saturated carbocycles. The fraction of sp³-hybridized carbons (Fsp3) is 0.333. The van der Waals surface area contributed by atoms with Gasteiger partial charge in [-0.25, -0.2) is 8.99 Å². The number of rotatable bonds is 2. The fourth-order valence-corrected chi connectivity index (χ4v) is 4.07. The highest BCUT2D eigenvalue weighted by molar-refractivity contribution is 9.10. The Labute approximate surface area is 86.5 Å². The molecule has 4 heteroatoms. The molecule has 0 bridgehead atoms. The lowest BCUT2D eigenvalue weighted by Crippen LogP contribution is -2.05. The maximum Gasteiger partial charge on any atom is 0.0766 e. The monoisotopic (exact) mass is 259 g/mol. The highest BCUT2D eigenvalue weighted by Crippen LogP contribution is 2.36. The van der Waals surface area contributed by atoms with Gasteiger partial charge in [-0.15, -0.1) is 0 Å². The molecule has 1 aliphatic rings. The highest BCUT2D eigenvalue weighted by Gasteiger charge is 2.34. The number of halogens is 1. The van der Waals surface area contributed by atoms with Crippen molar-refractivity contribution >= 4 is 25.7 Å². The maximum absolute atomic E-state index is 12.0. The fourth-order valence-electron chi connectivity index (χ4n) is 1.27. The van der Waals surface area contributed by atoms with Gasteiger partial charge in [-0.2, -0.15) is 0 Å². The highest BCUT2D eigenvalue weighted by atomic mass is 79.9. The molecule has 1 fully saturated rings. The molecule has 70 valence electrons. The van der Waals surface area contributed by atoms with E-state index in [0.717, 1.165) is 17.3 Å². The summed E-state index contributed by atoms with van der Waals surface area (Å²) in [6.45, 7) is 0. The molecular weight excluding hydrogens is 250 g/mol. The van der Waals surface area contributed by atoms with Gasteiger partial charge in [0.2, 0.25) is 0 Å². The molecule has 1 aromatic carbocycles. The number of hydrogen-bond acceptors (Lipinski definition) is 2. The van der Waals surface area contributed by atoms with Crippen LogP contribution < -0.4 is 0 Å². The first-order valence-electron chi connectivity index (χ1n) is 4.14. The number of benzene rings is 1. The minimum absolute atomic E-state index is 0.0891. The molecular formula is C9H10BrNOS. The van der Waals surface area contributed by atoms with Crippen molar-refractivity contribution in [3.8, 4) is 0 Å². The molecule has 1 N–H and O–H groups in total. The summed E-state index contributed by atoms with van der Waals surface area (Å²) in [5.41, 5.74) is 0. The lowest BCUT2D eigenvalue weighted by Gasteiger charge is -2.07. The van der Waals surface area contributed by atoms with Crippen LogP contribution in [0, 0.1) is 4.78 Å². The maximum atomic E-state index is 12.0. The van der Waals surface area contributed by atoms with Gasteiger partial charge in [-0.05, 0) is 40.9 Å². The van der Waals surface area contributed by atoms with E-state index in [-0.39, 0.29) is 5.25 Å². The van der Waals surface area contributed by atoms with Crippen molar-refractivity contribution < 1.29 is 4.21 Å². The summed E-state index contributed by atoms with van der Waals surface area (Å²) in [6.07, 6.45) is 1.87. The summed E-state index contributed by atoms with van der Waals surface area (Å²) in [7, 11) is -2.54. The van der Waals surface area contributed by atoms with Crippen LogP contribution in [0.25, 0.3) is 0 Å². The van der Waals surface area contributed by atoms with Gasteiger partial charge in [0.05, 0.1) is 14.6 Å². The SMILES string of the molecule is N=[S@@](=O)(c1ccccc1Br)C1CC1. The Morgan fingerprint density at radius 2 is 2.00 bits per heavy atom. The first-order chi connectivity index (χ1) is 6.12. The van der Waals surface area contributed by atoms with Crippen LogP contribution in [0.4, 0.5) is 0 Å². The Kier molecular flexibility index (Phi) is 2.20. The van der Waals surface area contributed by atoms with Crippen LogP contribution in [0.3, 0.4) is 0 Å². The van der Waals surface area contributed by atoms with Crippen LogP contribution in [0.5, 0.6) is 0 Å². The molecule has 2 rings (SSSR count). The summed E-state index contributed by atoms with van der Waals surface area (Å²) in [4.78, 5) is 0.650. The summed E-state index contributed by atoms with van der Waals surface area (Å²) in [5, 5.41) is 0.0891. The second-order valence-electron chi connectivity index (χ2n) is 3.23. The summed E-state index contributed by atoms with van der Waals surface area (Å²) < 4.78 is 20.6. The molecule has 13 heavy (non-hydrogen) atoms. The second kappa shape index (κ2) is 3.10. The van der Waals surface area contributed by atoms with Crippen molar-refractivity contribution in [2.45, 2.75) is 23.0 Å².